The minimum absolute atomic E-state index is 0.287. The van der Waals surface area contributed by atoms with E-state index in [1.165, 1.54) is 17.5 Å². The molecule has 15 heavy (non-hydrogen) atoms. The largest absolute Gasteiger partial charge is 0.366 e. The first kappa shape index (κ1) is 10.2. The molecule has 84 valence electrons. The van der Waals surface area contributed by atoms with Gasteiger partial charge in [0.25, 0.3) is 0 Å². The molecule has 2 rings (SSSR count). The van der Waals surface area contributed by atoms with Gasteiger partial charge in [-0.1, -0.05) is 0 Å². The molecule has 1 aromatic rings. The van der Waals surface area contributed by atoms with E-state index in [1.54, 1.807) is 0 Å². The van der Waals surface area contributed by atoms with Crippen LogP contribution >= 0.6 is 0 Å². The Morgan fingerprint density at radius 2 is 2.07 bits per heavy atom. The first-order valence-corrected chi connectivity index (χ1v) is 5.43. The van der Waals surface area contributed by atoms with Crippen LogP contribution in [0.4, 0.5) is 5.95 Å². The molecule has 0 unspecified atom stereocenters. The number of nitrogens with two attached hydrogens (primary N) is 2. The van der Waals surface area contributed by atoms with Gasteiger partial charge >= 0.3 is 0 Å². The molecule has 6 heteroatoms. The van der Waals surface area contributed by atoms with Gasteiger partial charge in [0.15, 0.2) is 5.82 Å². The van der Waals surface area contributed by atoms with E-state index in [0.29, 0.717) is 0 Å². The van der Waals surface area contributed by atoms with Gasteiger partial charge in [-0.2, -0.15) is 0 Å². The Labute approximate surface area is 89.0 Å². The standard InChI is InChI=1S/C9H18N6/c10-9-14-13-8(15(9)11)2-1-7-3-5-12-6-4-7/h7,12H,1-6,11H2,(H2,10,14). The molecule has 0 atom stereocenters. The van der Waals surface area contributed by atoms with Crippen LogP contribution < -0.4 is 16.9 Å². The summed E-state index contributed by atoms with van der Waals surface area (Å²) in [7, 11) is 0. The Hall–Kier alpha value is -1.30. The molecule has 0 aromatic carbocycles. The monoisotopic (exact) mass is 210 g/mol. The van der Waals surface area contributed by atoms with E-state index in [4.69, 9.17) is 11.6 Å². The lowest BCUT2D eigenvalue weighted by Crippen LogP contribution is -2.28. The highest BCUT2D eigenvalue weighted by molar-refractivity contribution is 5.17. The molecule has 1 aliphatic rings. The molecule has 0 bridgehead atoms. The molecule has 0 saturated carbocycles. The molecule has 1 fully saturated rings. The van der Waals surface area contributed by atoms with Crippen LogP contribution in [0.15, 0.2) is 0 Å². The van der Waals surface area contributed by atoms with Gasteiger partial charge in [-0.3, -0.25) is 0 Å². The Morgan fingerprint density at radius 1 is 1.33 bits per heavy atom. The van der Waals surface area contributed by atoms with Crippen molar-refractivity contribution in [3.63, 3.8) is 0 Å². The van der Waals surface area contributed by atoms with Gasteiger partial charge < -0.3 is 16.9 Å². The maximum atomic E-state index is 5.67. The van der Waals surface area contributed by atoms with E-state index in [2.05, 4.69) is 15.5 Å². The molecule has 0 aliphatic carbocycles. The van der Waals surface area contributed by atoms with E-state index in [1.807, 2.05) is 0 Å². The summed E-state index contributed by atoms with van der Waals surface area (Å²) in [4.78, 5) is 0. The molecular formula is C9H18N6. The Kier molecular flexibility index (Phi) is 3.05. The van der Waals surface area contributed by atoms with Gasteiger partial charge in [0.1, 0.15) is 0 Å². The van der Waals surface area contributed by atoms with Crippen molar-refractivity contribution in [3.8, 4) is 0 Å². The number of aryl methyl sites for hydroxylation is 1. The lowest BCUT2D eigenvalue weighted by atomic mass is 9.93. The number of nitrogens with one attached hydrogen (secondary N) is 1. The topological polar surface area (TPSA) is 94.8 Å². The number of nitrogen functional groups attached to an aromatic ring is 2. The second-order valence-electron chi connectivity index (χ2n) is 4.08. The minimum Gasteiger partial charge on any atom is -0.366 e. The number of rotatable bonds is 3. The van der Waals surface area contributed by atoms with Crippen LogP contribution in [-0.2, 0) is 6.42 Å². The highest BCUT2D eigenvalue weighted by Crippen LogP contribution is 2.17. The van der Waals surface area contributed by atoms with Crippen molar-refractivity contribution in [2.75, 3.05) is 24.7 Å². The van der Waals surface area contributed by atoms with Crippen molar-refractivity contribution in [1.82, 2.24) is 20.2 Å². The lowest BCUT2D eigenvalue weighted by molar-refractivity contribution is 0.351. The van der Waals surface area contributed by atoms with Gasteiger partial charge in [0.05, 0.1) is 0 Å². The predicted molar refractivity (Wildman–Crippen MR) is 58.5 cm³/mol. The molecule has 0 amide bonds. The third-order valence-corrected chi connectivity index (χ3v) is 3.03. The molecule has 6 nitrogen and oxygen atoms in total. The maximum absolute atomic E-state index is 5.67. The lowest BCUT2D eigenvalue weighted by Gasteiger charge is -2.21. The van der Waals surface area contributed by atoms with Gasteiger partial charge in [-0.15, -0.1) is 10.2 Å². The molecule has 1 aromatic heterocycles. The zero-order valence-corrected chi connectivity index (χ0v) is 8.82. The fourth-order valence-electron chi connectivity index (χ4n) is 2.01. The summed E-state index contributed by atoms with van der Waals surface area (Å²) in [5.74, 6) is 7.52. The second kappa shape index (κ2) is 4.48. The number of hydrogen-bond donors (Lipinski definition) is 3. The molecule has 0 spiro atoms. The number of hydrogen-bond acceptors (Lipinski definition) is 5. The highest BCUT2D eigenvalue weighted by atomic mass is 15.4. The Balaban J connectivity index is 1.84. The zero-order valence-electron chi connectivity index (χ0n) is 8.82. The van der Waals surface area contributed by atoms with E-state index in [9.17, 15) is 0 Å². The van der Waals surface area contributed by atoms with E-state index < -0.39 is 0 Å². The van der Waals surface area contributed by atoms with Crippen molar-refractivity contribution in [2.45, 2.75) is 25.7 Å². The van der Waals surface area contributed by atoms with E-state index >= 15 is 0 Å². The van der Waals surface area contributed by atoms with Crippen LogP contribution in [0.1, 0.15) is 25.1 Å². The first-order chi connectivity index (χ1) is 7.27. The normalized spacial score (nSPS) is 18.1. The van der Waals surface area contributed by atoms with Gasteiger partial charge in [-0.25, -0.2) is 4.68 Å². The van der Waals surface area contributed by atoms with Crippen molar-refractivity contribution in [2.24, 2.45) is 5.92 Å². The number of anilines is 1. The quantitative estimate of drug-likeness (QED) is 0.585. The Morgan fingerprint density at radius 3 is 2.67 bits per heavy atom. The zero-order chi connectivity index (χ0) is 10.7. The molecule has 1 saturated heterocycles. The van der Waals surface area contributed by atoms with E-state index in [0.717, 1.165) is 37.7 Å². The number of piperidine rings is 1. The number of nitrogens with zero attached hydrogens (tertiary/aromatic N) is 3. The summed E-state index contributed by atoms with van der Waals surface area (Å²) in [6, 6.07) is 0. The third-order valence-electron chi connectivity index (χ3n) is 3.03. The van der Waals surface area contributed by atoms with Crippen molar-refractivity contribution in [3.05, 3.63) is 5.82 Å². The highest BCUT2D eigenvalue weighted by Gasteiger charge is 2.14. The van der Waals surface area contributed by atoms with Gasteiger partial charge in [0, 0.05) is 6.42 Å². The summed E-state index contributed by atoms with van der Waals surface area (Å²) in [5, 5.41) is 11.0. The summed E-state index contributed by atoms with van der Waals surface area (Å²) >= 11 is 0. The average molecular weight is 210 g/mol. The van der Waals surface area contributed by atoms with Gasteiger partial charge in [0.2, 0.25) is 5.95 Å². The molecule has 0 radical (unpaired) electrons. The third kappa shape index (κ3) is 2.38. The summed E-state index contributed by atoms with van der Waals surface area (Å²) in [6.07, 6.45) is 4.48. The van der Waals surface area contributed by atoms with Crippen LogP contribution in [0.25, 0.3) is 0 Å². The summed E-state index contributed by atoms with van der Waals surface area (Å²) in [6.45, 7) is 2.25. The van der Waals surface area contributed by atoms with Gasteiger partial charge in [-0.05, 0) is 38.3 Å². The number of aromatic nitrogens is 3. The minimum atomic E-state index is 0.287. The van der Waals surface area contributed by atoms with Crippen molar-refractivity contribution in [1.29, 1.82) is 0 Å². The molecule has 1 aliphatic heterocycles. The fraction of sp³-hybridized carbons (Fsp3) is 0.778. The fourth-order valence-corrected chi connectivity index (χ4v) is 2.01. The van der Waals surface area contributed by atoms with Crippen LogP contribution in [0.5, 0.6) is 0 Å². The SMILES string of the molecule is Nc1nnc(CCC2CCNCC2)n1N. The molecule has 2 heterocycles. The van der Waals surface area contributed by atoms with E-state index in [-0.39, 0.29) is 5.95 Å². The Bertz CT molecular complexity index is 314. The van der Waals surface area contributed by atoms with Crippen LogP contribution in [-0.4, -0.2) is 28.0 Å². The maximum Gasteiger partial charge on any atom is 0.240 e. The van der Waals surface area contributed by atoms with Crippen molar-refractivity contribution >= 4 is 5.95 Å². The second-order valence-corrected chi connectivity index (χ2v) is 4.08. The summed E-state index contributed by atoms with van der Waals surface area (Å²) < 4.78 is 1.38. The predicted octanol–water partition coefficient (Wildman–Crippen LogP) is -0.494. The smallest absolute Gasteiger partial charge is 0.240 e. The van der Waals surface area contributed by atoms with Crippen molar-refractivity contribution < 1.29 is 0 Å². The van der Waals surface area contributed by atoms with Crippen LogP contribution in [0, 0.1) is 5.92 Å². The first-order valence-electron chi connectivity index (χ1n) is 5.43. The van der Waals surface area contributed by atoms with Crippen LogP contribution in [0.3, 0.4) is 0 Å². The van der Waals surface area contributed by atoms with Crippen LogP contribution in [0.2, 0.25) is 0 Å². The molecular weight excluding hydrogens is 192 g/mol. The molecule has 5 N–H and O–H groups in total. The summed E-state index contributed by atoms with van der Waals surface area (Å²) in [5.41, 5.74) is 5.50. The average Bonchev–Trinajstić information content (AvgIpc) is 2.59.